The van der Waals surface area contributed by atoms with Crippen molar-refractivity contribution in [3.8, 4) is 0 Å². The topological polar surface area (TPSA) is 101 Å². The van der Waals surface area contributed by atoms with Gasteiger partial charge < -0.3 is 25.5 Å². The van der Waals surface area contributed by atoms with E-state index < -0.39 is 0 Å². The van der Waals surface area contributed by atoms with Crippen molar-refractivity contribution in [3.63, 3.8) is 0 Å². The third kappa shape index (κ3) is 23.5. The molecule has 0 aromatic carbocycles. The summed E-state index contributed by atoms with van der Waals surface area (Å²) in [5.41, 5.74) is 0.898. The summed E-state index contributed by atoms with van der Waals surface area (Å²) in [5.74, 6) is 10.3. The summed E-state index contributed by atoms with van der Waals surface area (Å²) in [6.07, 6.45) is 36.7. The molecule has 0 heterocycles. The maximum absolute atomic E-state index is 9.72. The lowest BCUT2D eigenvalue weighted by Crippen LogP contribution is -2.44. The number of rotatable bonds is 7. The highest BCUT2D eigenvalue weighted by Crippen LogP contribution is 2.60. The van der Waals surface area contributed by atoms with E-state index in [9.17, 15) is 20.4 Å². The first-order valence-corrected chi connectivity index (χ1v) is 30.0. The van der Waals surface area contributed by atoms with Crippen LogP contribution in [0.15, 0.2) is 0 Å². The van der Waals surface area contributed by atoms with Crippen molar-refractivity contribution in [2.45, 2.75) is 307 Å². The van der Waals surface area contributed by atoms with Gasteiger partial charge in [0.05, 0.1) is 30.5 Å². The van der Waals surface area contributed by atoms with Crippen LogP contribution >= 0.6 is 0 Å². The highest BCUT2D eigenvalue weighted by atomic mass is 16.3. The zero-order valence-electron chi connectivity index (χ0n) is 47.5. The highest BCUT2D eigenvalue weighted by molar-refractivity contribution is 4.99. The lowest BCUT2D eigenvalue weighted by atomic mass is 9.50. The minimum atomic E-state index is -0.0162. The molecule has 0 aliphatic heterocycles. The first-order valence-electron chi connectivity index (χ1n) is 30.0. The quantitative estimate of drug-likeness (QED) is 0.164. The number of aliphatic hydroxyl groups is 5. The normalized spacial score (nSPS) is 32.9. The van der Waals surface area contributed by atoms with Gasteiger partial charge in [-0.1, -0.05) is 187 Å². The van der Waals surface area contributed by atoms with E-state index in [4.69, 9.17) is 5.11 Å². The van der Waals surface area contributed by atoms with Crippen molar-refractivity contribution >= 4 is 0 Å². The fraction of sp³-hybridized carbons (Fsp3) is 1.00. The van der Waals surface area contributed by atoms with Crippen molar-refractivity contribution in [2.75, 3.05) is 0 Å². The Balaban J connectivity index is 0.000000269. The lowest BCUT2D eigenvalue weighted by Gasteiger charge is -2.55. The molecule has 8 saturated carbocycles. The van der Waals surface area contributed by atoms with E-state index in [0.29, 0.717) is 59.2 Å². The molecule has 0 bridgehead atoms. The van der Waals surface area contributed by atoms with E-state index in [1.165, 1.54) is 122 Å². The van der Waals surface area contributed by atoms with Gasteiger partial charge in [-0.25, -0.2) is 0 Å². The molecule has 5 N–H and O–H groups in total. The fourth-order valence-corrected chi connectivity index (χ4v) is 13.4. The Morgan fingerprint density at radius 2 is 0.522 bits per heavy atom. The number of aliphatic hydroxyl groups excluding tert-OH is 5. The van der Waals surface area contributed by atoms with Crippen molar-refractivity contribution in [2.24, 2.45) is 88.3 Å². The van der Waals surface area contributed by atoms with Crippen molar-refractivity contribution in [1.82, 2.24) is 0 Å². The van der Waals surface area contributed by atoms with Crippen LogP contribution in [-0.2, 0) is 0 Å². The van der Waals surface area contributed by atoms with E-state index in [0.717, 1.165) is 61.2 Å². The molecule has 0 amide bonds. The Kier molecular flexibility index (Phi) is 31.5. The van der Waals surface area contributed by atoms with E-state index in [-0.39, 0.29) is 30.5 Å². The molecule has 67 heavy (non-hydrogen) atoms. The van der Waals surface area contributed by atoms with Crippen molar-refractivity contribution in [1.29, 1.82) is 0 Å². The van der Waals surface area contributed by atoms with Gasteiger partial charge in [0.15, 0.2) is 0 Å². The molecule has 0 radical (unpaired) electrons. The van der Waals surface area contributed by atoms with E-state index in [2.05, 4.69) is 96.9 Å². The van der Waals surface area contributed by atoms with Crippen LogP contribution in [0.4, 0.5) is 0 Å². The van der Waals surface area contributed by atoms with E-state index >= 15 is 0 Å². The maximum Gasteiger partial charge on any atom is 0.0571 e. The van der Waals surface area contributed by atoms with Gasteiger partial charge in [0.1, 0.15) is 0 Å². The van der Waals surface area contributed by atoms with Crippen LogP contribution in [0.5, 0.6) is 0 Å². The van der Waals surface area contributed by atoms with Gasteiger partial charge in [-0.3, -0.25) is 0 Å². The molecule has 10 atom stereocenters. The van der Waals surface area contributed by atoms with E-state index in [1.807, 2.05) is 0 Å². The molecule has 1 spiro atoms. The molecule has 5 nitrogen and oxygen atoms in total. The molecule has 400 valence electrons. The second-order valence-electron chi connectivity index (χ2n) is 26.5. The molecular formula is C62H122O5. The standard InChI is InChI=1S/C10H20O.C10H18.2C9H18O.C9H18.C8H16O.C7H14O/c1-8(2)9-6-4-3-5-7-10(9)11;1-8(2)9-6-10(7-9)4-3-5-10;2*1-7(2)8-5-3-4-6-9(8)10;1-8(2)9-6-4-3-5-7-9;1-6(2)7-4-3-5-8(7)9;1-5(2)6-3-4-7(6)8/h8-11H,3-7H2,1-2H3;8-9H,3-7H2,1-2H3;2*7-10H,3-6H2,1-2H3;8-9H,3-7H2,1-2H3;6-9H,3-5H2,1-2H3;5-8H,3-4H2,1-2H3/t9?,10-;;2*8?,9-;;7?,8-;6?,7-/m0.00.00/s1. The second-order valence-corrected chi connectivity index (χ2v) is 26.5. The molecule has 0 saturated heterocycles. The average Bonchev–Trinajstić information content (AvgIpc) is 3.55. The van der Waals surface area contributed by atoms with Crippen LogP contribution in [0.2, 0.25) is 0 Å². The summed E-state index contributed by atoms with van der Waals surface area (Å²) in [6, 6.07) is 0. The van der Waals surface area contributed by atoms with Gasteiger partial charge in [-0.15, -0.1) is 0 Å². The molecule has 5 heteroatoms. The molecular weight excluding hydrogens is 825 g/mol. The van der Waals surface area contributed by atoms with Gasteiger partial charge in [-0.05, 0) is 178 Å². The molecule has 8 rings (SSSR count). The summed E-state index contributed by atoms with van der Waals surface area (Å²) < 4.78 is 0. The fourth-order valence-electron chi connectivity index (χ4n) is 13.4. The van der Waals surface area contributed by atoms with E-state index in [1.54, 1.807) is 25.7 Å². The zero-order valence-corrected chi connectivity index (χ0v) is 47.5. The Morgan fingerprint density at radius 3 is 0.761 bits per heavy atom. The number of hydrogen-bond acceptors (Lipinski definition) is 5. The van der Waals surface area contributed by atoms with Crippen LogP contribution in [0.1, 0.15) is 277 Å². The third-order valence-corrected chi connectivity index (χ3v) is 19.0. The van der Waals surface area contributed by atoms with Gasteiger partial charge in [-0.2, -0.15) is 0 Å². The molecule has 5 unspecified atom stereocenters. The third-order valence-electron chi connectivity index (χ3n) is 19.0. The molecule has 0 aromatic heterocycles. The maximum atomic E-state index is 9.72. The van der Waals surface area contributed by atoms with Crippen LogP contribution in [0.3, 0.4) is 0 Å². The Hall–Kier alpha value is -0.200. The molecule has 8 fully saturated rings. The summed E-state index contributed by atoms with van der Waals surface area (Å²) in [6.45, 7) is 31.5. The first kappa shape index (κ1) is 62.9. The molecule has 8 aliphatic rings. The lowest BCUT2D eigenvalue weighted by molar-refractivity contribution is -0.0435. The Labute approximate surface area is 419 Å². The Bertz CT molecular complexity index is 1150. The van der Waals surface area contributed by atoms with Gasteiger partial charge >= 0.3 is 0 Å². The summed E-state index contributed by atoms with van der Waals surface area (Å²) in [5, 5.41) is 47.2. The van der Waals surface area contributed by atoms with Crippen LogP contribution < -0.4 is 0 Å². The summed E-state index contributed by atoms with van der Waals surface area (Å²) in [7, 11) is 0. The predicted molar refractivity (Wildman–Crippen MR) is 290 cm³/mol. The van der Waals surface area contributed by atoms with Gasteiger partial charge in [0, 0.05) is 0 Å². The molecule has 0 aromatic rings. The smallest absolute Gasteiger partial charge is 0.0571 e. The minimum Gasteiger partial charge on any atom is -0.393 e. The van der Waals surface area contributed by atoms with Crippen molar-refractivity contribution in [3.05, 3.63) is 0 Å². The summed E-state index contributed by atoms with van der Waals surface area (Å²) >= 11 is 0. The van der Waals surface area contributed by atoms with Crippen LogP contribution in [0.25, 0.3) is 0 Å². The monoisotopic (exact) mass is 947 g/mol. The zero-order chi connectivity index (χ0) is 50.3. The van der Waals surface area contributed by atoms with Crippen LogP contribution in [0, 0.1) is 88.3 Å². The second kappa shape index (κ2) is 33.5. The SMILES string of the molecule is CC(C)C1CC2(CCC2)C1.CC(C)C1CCCCC1.CC(C)C1CCCCC[C@@H]1O.CC(C)C1CCCC[C@@H]1O.CC(C)C1CCCC[C@@H]1O.CC(C)C1CCC[C@@H]1O.CC(C)C1CC[C@@H]1O. The first-order chi connectivity index (χ1) is 31.6. The minimum absolute atomic E-state index is 0.00463. The van der Waals surface area contributed by atoms with Crippen LogP contribution in [-0.4, -0.2) is 56.1 Å². The molecule has 8 aliphatic carbocycles. The van der Waals surface area contributed by atoms with Crippen molar-refractivity contribution < 1.29 is 25.5 Å². The van der Waals surface area contributed by atoms with Gasteiger partial charge in [0.2, 0.25) is 0 Å². The van der Waals surface area contributed by atoms with Gasteiger partial charge in [0.25, 0.3) is 0 Å². The predicted octanol–water partition coefficient (Wildman–Crippen LogP) is 16.6. The largest absolute Gasteiger partial charge is 0.393 e. The highest BCUT2D eigenvalue weighted by Gasteiger charge is 2.48. The Morgan fingerprint density at radius 1 is 0.254 bits per heavy atom. The number of hydrogen-bond donors (Lipinski definition) is 5. The summed E-state index contributed by atoms with van der Waals surface area (Å²) in [4.78, 5) is 0. The average molecular weight is 948 g/mol.